The quantitative estimate of drug-likeness (QED) is 0.852. The Morgan fingerprint density at radius 3 is 2.63 bits per heavy atom. The average Bonchev–Trinajstić information content (AvgIpc) is 2.87. The lowest BCUT2D eigenvalue weighted by atomic mass is 10.0. The molecule has 1 aromatic rings. The Morgan fingerprint density at radius 1 is 1.37 bits per heavy atom. The molecule has 0 unspecified atom stereocenters. The summed E-state index contributed by atoms with van der Waals surface area (Å²) >= 11 is 0. The maximum Gasteiger partial charge on any atom is 0.241 e. The second-order valence-corrected chi connectivity index (χ2v) is 6.66. The SMILES string of the molecule is COc1cccc(S(=O)(=O)NC2(CN)CCCC2)c1. The fourth-order valence-corrected chi connectivity index (χ4v) is 4.02. The summed E-state index contributed by atoms with van der Waals surface area (Å²) in [5.74, 6) is 0.524. The highest BCUT2D eigenvalue weighted by atomic mass is 32.2. The highest BCUT2D eigenvalue weighted by Gasteiger charge is 2.36. The van der Waals surface area contributed by atoms with Gasteiger partial charge >= 0.3 is 0 Å². The van der Waals surface area contributed by atoms with Crippen LogP contribution in [0.3, 0.4) is 0 Å². The van der Waals surface area contributed by atoms with E-state index in [1.807, 2.05) is 0 Å². The van der Waals surface area contributed by atoms with E-state index < -0.39 is 15.6 Å². The molecular weight excluding hydrogens is 264 g/mol. The van der Waals surface area contributed by atoms with E-state index in [1.165, 1.54) is 13.2 Å². The summed E-state index contributed by atoms with van der Waals surface area (Å²) in [7, 11) is -2.05. The standard InChI is InChI=1S/C13H20N2O3S/c1-18-11-5-4-6-12(9-11)19(16,17)15-13(10-14)7-2-3-8-13/h4-6,9,15H,2-3,7-8,10,14H2,1H3. The molecule has 2 rings (SSSR count). The van der Waals surface area contributed by atoms with E-state index in [-0.39, 0.29) is 4.90 Å². The van der Waals surface area contributed by atoms with E-state index in [4.69, 9.17) is 10.5 Å². The third kappa shape index (κ3) is 3.08. The number of benzene rings is 1. The first-order valence-corrected chi connectivity index (χ1v) is 7.88. The van der Waals surface area contributed by atoms with Gasteiger partial charge in [0.1, 0.15) is 5.75 Å². The molecule has 0 amide bonds. The van der Waals surface area contributed by atoms with Crippen LogP contribution in [0.25, 0.3) is 0 Å². The summed E-state index contributed by atoms with van der Waals surface area (Å²) in [6.45, 7) is 0.330. The number of sulfonamides is 1. The second-order valence-electron chi connectivity index (χ2n) is 4.98. The van der Waals surface area contributed by atoms with Crippen molar-refractivity contribution in [2.24, 2.45) is 5.73 Å². The summed E-state index contributed by atoms with van der Waals surface area (Å²) in [6, 6.07) is 6.45. The van der Waals surface area contributed by atoms with Crippen LogP contribution in [0, 0.1) is 0 Å². The Bertz CT molecular complexity index is 537. The van der Waals surface area contributed by atoms with Gasteiger partial charge < -0.3 is 10.5 Å². The number of hydrogen-bond acceptors (Lipinski definition) is 4. The van der Waals surface area contributed by atoms with Gasteiger partial charge in [0, 0.05) is 18.2 Å². The monoisotopic (exact) mass is 284 g/mol. The molecule has 6 heteroatoms. The molecule has 0 atom stereocenters. The fourth-order valence-electron chi connectivity index (χ4n) is 2.51. The summed E-state index contributed by atoms with van der Waals surface area (Å²) in [5, 5.41) is 0. The largest absolute Gasteiger partial charge is 0.497 e. The molecule has 1 fully saturated rings. The van der Waals surface area contributed by atoms with Crippen LogP contribution in [-0.4, -0.2) is 27.6 Å². The third-order valence-electron chi connectivity index (χ3n) is 3.65. The molecule has 1 saturated carbocycles. The predicted octanol–water partition coefficient (Wildman–Crippen LogP) is 1.24. The molecule has 5 nitrogen and oxygen atoms in total. The van der Waals surface area contributed by atoms with Gasteiger partial charge in [0.15, 0.2) is 0 Å². The Balaban J connectivity index is 2.26. The third-order valence-corrected chi connectivity index (χ3v) is 5.23. The first-order valence-electron chi connectivity index (χ1n) is 6.39. The number of nitrogens with one attached hydrogen (secondary N) is 1. The second kappa shape index (κ2) is 5.48. The minimum atomic E-state index is -3.56. The maximum atomic E-state index is 12.4. The first kappa shape index (κ1) is 14.3. The molecule has 1 aromatic carbocycles. The summed E-state index contributed by atoms with van der Waals surface area (Å²) in [6.07, 6.45) is 3.62. The van der Waals surface area contributed by atoms with E-state index in [1.54, 1.807) is 18.2 Å². The van der Waals surface area contributed by atoms with Gasteiger partial charge in [-0.05, 0) is 25.0 Å². The van der Waals surface area contributed by atoms with Crippen LogP contribution in [-0.2, 0) is 10.0 Å². The van der Waals surface area contributed by atoms with Crippen molar-refractivity contribution in [1.29, 1.82) is 0 Å². The molecule has 0 heterocycles. The van der Waals surface area contributed by atoms with Gasteiger partial charge in [0.05, 0.1) is 12.0 Å². The summed E-state index contributed by atoms with van der Waals surface area (Å²) in [5.41, 5.74) is 5.27. The minimum Gasteiger partial charge on any atom is -0.497 e. The van der Waals surface area contributed by atoms with E-state index in [0.717, 1.165) is 25.7 Å². The smallest absolute Gasteiger partial charge is 0.241 e. The molecule has 0 aliphatic heterocycles. The highest BCUT2D eigenvalue weighted by molar-refractivity contribution is 7.89. The van der Waals surface area contributed by atoms with Crippen molar-refractivity contribution >= 4 is 10.0 Å². The van der Waals surface area contributed by atoms with Crippen LogP contribution < -0.4 is 15.2 Å². The van der Waals surface area contributed by atoms with Crippen molar-refractivity contribution in [3.63, 3.8) is 0 Å². The van der Waals surface area contributed by atoms with E-state index >= 15 is 0 Å². The van der Waals surface area contributed by atoms with Gasteiger partial charge in [-0.3, -0.25) is 0 Å². The molecule has 0 spiro atoms. The van der Waals surface area contributed by atoms with Crippen molar-refractivity contribution in [2.75, 3.05) is 13.7 Å². The molecule has 1 aliphatic rings. The zero-order valence-electron chi connectivity index (χ0n) is 11.1. The number of hydrogen-bond donors (Lipinski definition) is 2. The van der Waals surface area contributed by atoms with Crippen LogP contribution in [0.15, 0.2) is 29.2 Å². The van der Waals surface area contributed by atoms with Crippen LogP contribution in [0.4, 0.5) is 0 Å². The molecule has 19 heavy (non-hydrogen) atoms. The minimum absolute atomic E-state index is 0.214. The summed E-state index contributed by atoms with van der Waals surface area (Å²) in [4.78, 5) is 0.214. The first-order chi connectivity index (χ1) is 9.01. The topological polar surface area (TPSA) is 81.4 Å². The lowest BCUT2D eigenvalue weighted by Gasteiger charge is -2.28. The number of ether oxygens (including phenoxy) is 1. The molecule has 0 aromatic heterocycles. The molecule has 0 saturated heterocycles. The lowest BCUT2D eigenvalue weighted by Crippen LogP contribution is -2.51. The predicted molar refractivity (Wildman–Crippen MR) is 73.6 cm³/mol. The van der Waals surface area contributed by atoms with Crippen LogP contribution >= 0.6 is 0 Å². The van der Waals surface area contributed by atoms with Crippen molar-refractivity contribution < 1.29 is 13.2 Å². The number of methoxy groups -OCH3 is 1. The molecular formula is C13H20N2O3S. The van der Waals surface area contributed by atoms with Crippen LogP contribution in [0.2, 0.25) is 0 Å². The van der Waals surface area contributed by atoms with Gasteiger partial charge in [-0.1, -0.05) is 18.9 Å². The van der Waals surface area contributed by atoms with Gasteiger partial charge in [0.2, 0.25) is 10.0 Å². The van der Waals surface area contributed by atoms with Gasteiger partial charge in [-0.15, -0.1) is 0 Å². The zero-order valence-corrected chi connectivity index (χ0v) is 11.9. The molecule has 1 aliphatic carbocycles. The van der Waals surface area contributed by atoms with E-state index in [0.29, 0.717) is 12.3 Å². The van der Waals surface area contributed by atoms with Crippen LogP contribution in [0.1, 0.15) is 25.7 Å². The normalized spacial score (nSPS) is 18.4. The van der Waals surface area contributed by atoms with Crippen molar-refractivity contribution in [3.8, 4) is 5.75 Å². The van der Waals surface area contributed by atoms with E-state index in [2.05, 4.69) is 4.72 Å². The van der Waals surface area contributed by atoms with Crippen molar-refractivity contribution in [2.45, 2.75) is 36.1 Å². The Morgan fingerprint density at radius 2 is 2.05 bits per heavy atom. The van der Waals surface area contributed by atoms with Gasteiger partial charge in [-0.2, -0.15) is 0 Å². The van der Waals surface area contributed by atoms with Gasteiger partial charge in [0.25, 0.3) is 0 Å². The molecule has 106 valence electrons. The molecule has 0 radical (unpaired) electrons. The molecule has 3 N–H and O–H groups in total. The highest BCUT2D eigenvalue weighted by Crippen LogP contribution is 2.30. The fraction of sp³-hybridized carbons (Fsp3) is 0.538. The Kier molecular flexibility index (Phi) is 4.13. The van der Waals surface area contributed by atoms with Crippen molar-refractivity contribution in [3.05, 3.63) is 24.3 Å². The number of rotatable bonds is 5. The van der Waals surface area contributed by atoms with Crippen molar-refractivity contribution in [1.82, 2.24) is 4.72 Å². The Labute approximate surface area is 114 Å². The lowest BCUT2D eigenvalue weighted by molar-refractivity contribution is 0.398. The average molecular weight is 284 g/mol. The van der Waals surface area contributed by atoms with Gasteiger partial charge in [-0.25, -0.2) is 13.1 Å². The summed E-state index contributed by atoms with van der Waals surface area (Å²) < 4.78 is 32.6. The van der Waals surface area contributed by atoms with Crippen LogP contribution in [0.5, 0.6) is 5.75 Å². The Hall–Kier alpha value is -1.11. The van der Waals surface area contributed by atoms with E-state index in [9.17, 15) is 8.42 Å². The number of nitrogens with two attached hydrogens (primary N) is 1. The molecule has 0 bridgehead atoms. The zero-order chi connectivity index (χ0) is 13.9. The maximum absolute atomic E-state index is 12.4.